The van der Waals surface area contributed by atoms with Crippen LogP contribution in [-0.2, 0) is 9.47 Å². The van der Waals surface area contributed by atoms with Crippen LogP contribution in [-0.4, -0.2) is 74.0 Å². The van der Waals surface area contributed by atoms with E-state index in [0.29, 0.717) is 5.92 Å². The van der Waals surface area contributed by atoms with Crippen LogP contribution in [0, 0.1) is 6.92 Å². The topological polar surface area (TPSA) is 50.7 Å². The summed E-state index contributed by atoms with van der Waals surface area (Å²) in [5.74, 6) is 2.44. The number of anilines is 1. The van der Waals surface area contributed by atoms with Crippen molar-refractivity contribution in [3.05, 3.63) is 17.6 Å². The van der Waals surface area contributed by atoms with Gasteiger partial charge in [-0.3, -0.25) is 0 Å². The van der Waals surface area contributed by atoms with Crippen molar-refractivity contribution >= 4 is 5.82 Å². The van der Waals surface area contributed by atoms with E-state index in [-0.39, 0.29) is 0 Å². The first-order valence-electron chi connectivity index (χ1n) is 9.74. The molecule has 1 atom stereocenters. The number of aromatic nitrogens is 2. The molecule has 0 aromatic carbocycles. The molecule has 0 N–H and O–H groups in total. The van der Waals surface area contributed by atoms with Gasteiger partial charge in [0.25, 0.3) is 0 Å². The summed E-state index contributed by atoms with van der Waals surface area (Å²) in [6.45, 7) is 12.5. The lowest BCUT2D eigenvalue weighted by atomic mass is 9.94. The van der Waals surface area contributed by atoms with Crippen LogP contribution in [0.5, 0.6) is 0 Å². The maximum atomic E-state index is 5.66. The summed E-state index contributed by atoms with van der Waals surface area (Å²) >= 11 is 0. The largest absolute Gasteiger partial charge is 0.380 e. The molecule has 1 unspecified atom stereocenters. The highest BCUT2D eigenvalue weighted by molar-refractivity contribution is 5.41. The lowest BCUT2D eigenvalue weighted by Gasteiger charge is -2.33. The van der Waals surface area contributed by atoms with E-state index in [9.17, 15) is 0 Å². The highest BCUT2D eigenvalue weighted by Gasteiger charge is 2.24. The van der Waals surface area contributed by atoms with Crippen molar-refractivity contribution in [3.8, 4) is 0 Å². The normalized spacial score (nSPS) is 22.3. The van der Waals surface area contributed by atoms with Gasteiger partial charge >= 0.3 is 0 Å². The highest BCUT2D eigenvalue weighted by Crippen LogP contribution is 2.27. The fraction of sp³-hybridized carbons (Fsp3) is 0.789. The van der Waals surface area contributed by atoms with E-state index in [1.807, 2.05) is 6.92 Å². The summed E-state index contributed by atoms with van der Waals surface area (Å²) < 4.78 is 11.1. The van der Waals surface area contributed by atoms with Gasteiger partial charge in [0, 0.05) is 44.8 Å². The zero-order chi connectivity index (χ0) is 17.5. The molecule has 3 heterocycles. The maximum absolute atomic E-state index is 5.66. The number of nitrogens with zero attached hydrogens (tertiary/aromatic N) is 4. The molecule has 140 valence electrons. The Kier molecular flexibility index (Phi) is 7.02. The van der Waals surface area contributed by atoms with E-state index >= 15 is 0 Å². The SMILES string of the molecule is CCCOCCN1CCCC(c2cc(N3CCOCC3)nc(C)n2)C1. The molecule has 0 amide bonds. The van der Waals surface area contributed by atoms with E-state index in [2.05, 4.69) is 27.8 Å². The Hall–Kier alpha value is -1.24. The monoisotopic (exact) mass is 348 g/mol. The van der Waals surface area contributed by atoms with Crippen LogP contribution in [0.15, 0.2) is 6.07 Å². The Morgan fingerprint density at radius 1 is 1.20 bits per heavy atom. The average molecular weight is 348 g/mol. The number of rotatable bonds is 7. The molecule has 0 spiro atoms. The summed E-state index contributed by atoms with van der Waals surface area (Å²) in [7, 11) is 0. The van der Waals surface area contributed by atoms with Crippen molar-refractivity contribution in [2.75, 3.05) is 64.1 Å². The molecule has 2 aliphatic heterocycles. The lowest BCUT2D eigenvalue weighted by molar-refractivity contribution is 0.0926. The number of piperidine rings is 1. The molecular weight excluding hydrogens is 316 g/mol. The van der Waals surface area contributed by atoms with Crippen LogP contribution in [0.4, 0.5) is 5.82 Å². The van der Waals surface area contributed by atoms with Gasteiger partial charge in [-0.1, -0.05) is 6.92 Å². The highest BCUT2D eigenvalue weighted by atomic mass is 16.5. The minimum Gasteiger partial charge on any atom is -0.380 e. The smallest absolute Gasteiger partial charge is 0.132 e. The van der Waals surface area contributed by atoms with Gasteiger partial charge in [0.1, 0.15) is 11.6 Å². The molecule has 0 saturated carbocycles. The Morgan fingerprint density at radius 2 is 2.04 bits per heavy atom. The van der Waals surface area contributed by atoms with Crippen LogP contribution in [0.2, 0.25) is 0 Å². The van der Waals surface area contributed by atoms with Crippen molar-refractivity contribution in [2.45, 2.75) is 39.0 Å². The second kappa shape index (κ2) is 9.46. The van der Waals surface area contributed by atoms with Gasteiger partial charge in [0.05, 0.1) is 25.5 Å². The number of aryl methyl sites for hydroxylation is 1. The quantitative estimate of drug-likeness (QED) is 0.704. The summed E-state index contributed by atoms with van der Waals surface area (Å²) in [4.78, 5) is 14.3. The van der Waals surface area contributed by atoms with Crippen molar-refractivity contribution in [2.24, 2.45) is 0 Å². The molecule has 6 heteroatoms. The van der Waals surface area contributed by atoms with Gasteiger partial charge in [0.15, 0.2) is 0 Å². The van der Waals surface area contributed by atoms with Crippen molar-refractivity contribution < 1.29 is 9.47 Å². The van der Waals surface area contributed by atoms with Crippen molar-refractivity contribution in [1.82, 2.24) is 14.9 Å². The summed E-state index contributed by atoms with van der Waals surface area (Å²) in [5.41, 5.74) is 1.20. The molecule has 0 aliphatic carbocycles. The predicted octanol–water partition coefficient (Wildman–Crippen LogP) is 2.23. The molecule has 0 bridgehead atoms. The van der Waals surface area contributed by atoms with Crippen LogP contribution < -0.4 is 4.90 Å². The third-order valence-electron chi connectivity index (χ3n) is 5.00. The third-order valence-corrected chi connectivity index (χ3v) is 5.00. The second-order valence-electron chi connectivity index (χ2n) is 7.05. The molecule has 6 nitrogen and oxygen atoms in total. The first-order valence-corrected chi connectivity index (χ1v) is 9.74. The molecule has 0 radical (unpaired) electrons. The van der Waals surface area contributed by atoms with E-state index in [1.54, 1.807) is 0 Å². The maximum Gasteiger partial charge on any atom is 0.132 e. The van der Waals surface area contributed by atoms with Crippen LogP contribution in [0.3, 0.4) is 0 Å². The van der Waals surface area contributed by atoms with Gasteiger partial charge in [-0.25, -0.2) is 9.97 Å². The summed E-state index contributed by atoms with van der Waals surface area (Å²) in [6, 6.07) is 2.21. The lowest BCUT2D eigenvalue weighted by Crippen LogP contribution is -2.38. The van der Waals surface area contributed by atoms with Crippen LogP contribution in [0.25, 0.3) is 0 Å². The van der Waals surface area contributed by atoms with Crippen LogP contribution >= 0.6 is 0 Å². The van der Waals surface area contributed by atoms with Gasteiger partial charge < -0.3 is 19.3 Å². The van der Waals surface area contributed by atoms with E-state index in [4.69, 9.17) is 14.5 Å². The minimum atomic E-state index is 0.501. The number of morpholine rings is 1. The number of hydrogen-bond acceptors (Lipinski definition) is 6. The molecular formula is C19H32N4O2. The van der Waals surface area contributed by atoms with Gasteiger partial charge in [-0.05, 0) is 32.7 Å². The molecule has 1 aromatic rings. The number of ether oxygens (including phenoxy) is 2. The first-order chi connectivity index (χ1) is 12.3. The fourth-order valence-corrected chi connectivity index (χ4v) is 3.68. The summed E-state index contributed by atoms with van der Waals surface area (Å²) in [6.07, 6.45) is 3.53. The van der Waals surface area contributed by atoms with Gasteiger partial charge in [-0.15, -0.1) is 0 Å². The molecule has 2 fully saturated rings. The third kappa shape index (κ3) is 5.36. The molecule has 2 saturated heterocycles. The zero-order valence-corrected chi connectivity index (χ0v) is 15.7. The fourth-order valence-electron chi connectivity index (χ4n) is 3.68. The summed E-state index contributed by atoms with van der Waals surface area (Å²) in [5, 5.41) is 0. The van der Waals surface area contributed by atoms with E-state index in [0.717, 1.165) is 70.7 Å². The van der Waals surface area contributed by atoms with Crippen LogP contribution in [0.1, 0.15) is 43.6 Å². The van der Waals surface area contributed by atoms with E-state index < -0.39 is 0 Å². The van der Waals surface area contributed by atoms with Gasteiger partial charge in [-0.2, -0.15) is 0 Å². The Labute approximate surface area is 151 Å². The Morgan fingerprint density at radius 3 is 2.84 bits per heavy atom. The molecule has 25 heavy (non-hydrogen) atoms. The van der Waals surface area contributed by atoms with Gasteiger partial charge in [0.2, 0.25) is 0 Å². The second-order valence-corrected chi connectivity index (χ2v) is 7.05. The Balaban J connectivity index is 1.62. The first kappa shape index (κ1) is 18.5. The molecule has 3 rings (SSSR count). The zero-order valence-electron chi connectivity index (χ0n) is 15.7. The molecule has 1 aromatic heterocycles. The standard InChI is InChI=1S/C19H32N4O2/c1-3-10-24-11-7-22-6-4-5-17(15-22)18-14-19(21-16(2)20-18)23-8-12-25-13-9-23/h14,17H,3-13,15H2,1-2H3. The molecule has 2 aliphatic rings. The number of hydrogen-bond donors (Lipinski definition) is 0. The number of likely N-dealkylation sites (tertiary alicyclic amines) is 1. The Bertz CT molecular complexity index is 534. The average Bonchev–Trinajstić information content (AvgIpc) is 2.66. The van der Waals surface area contributed by atoms with E-state index in [1.165, 1.54) is 25.1 Å². The van der Waals surface area contributed by atoms with Crippen molar-refractivity contribution in [3.63, 3.8) is 0 Å². The van der Waals surface area contributed by atoms with Crippen molar-refractivity contribution in [1.29, 1.82) is 0 Å². The minimum absolute atomic E-state index is 0.501. The predicted molar refractivity (Wildman–Crippen MR) is 99.3 cm³/mol.